The second-order valence-corrected chi connectivity index (χ2v) is 4.75. The largest absolute Gasteiger partial charge is 0.308 e. The molecule has 3 N–H and O–H groups in total. The first-order valence-electron chi connectivity index (χ1n) is 5.71. The van der Waals surface area contributed by atoms with Crippen LogP contribution in [-0.2, 0) is 0 Å². The molecule has 0 aliphatic heterocycles. The first-order chi connectivity index (χ1) is 8.60. The van der Waals surface area contributed by atoms with Crippen LogP contribution in [0.2, 0.25) is 5.02 Å². The molecule has 5 heteroatoms. The van der Waals surface area contributed by atoms with Gasteiger partial charge in [0.15, 0.2) is 5.82 Å². The number of nitrogen functional groups attached to an aromatic ring is 1. The molecular formula is C13H15ClN4. The number of rotatable bonds is 3. The third-order valence-electron chi connectivity index (χ3n) is 2.57. The van der Waals surface area contributed by atoms with Crippen molar-refractivity contribution in [3.63, 3.8) is 0 Å². The number of halogens is 1. The minimum Gasteiger partial charge on any atom is -0.308 e. The van der Waals surface area contributed by atoms with Gasteiger partial charge in [0.05, 0.1) is 0 Å². The van der Waals surface area contributed by atoms with Gasteiger partial charge in [0.2, 0.25) is 0 Å². The molecule has 1 aromatic carbocycles. The maximum Gasteiger partial charge on any atom is 0.161 e. The molecule has 94 valence electrons. The van der Waals surface area contributed by atoms with Gasteiger partial charge in [-0.05, 0) is 18.1 Å². The van der Waals surface area contributed by atoms with E-state index in [0.29, 0.717) is 22.6 Å². The Kier molecular flexibility index (Phi) is 3.79. The van der Waals surface area contributed by atoms with Crippen molar-refractivity contribution in [2.24, 2.45) is 5.84 Å². The van der Waals surface area contributed by atoms with Crippen LogP contribution in [0.15, 0.2) is 30.3 Å². The van der Waals surface area contributed by atoms with Crippen LogP contribution >= 0.6 is 11.6 Å². The van der Waals surface area contributed by atoms with Crippen LogP contribution in [0.5, 0.6) is 0 Å². The number of nitrogens with two attached hydrogens (primary N) is 1. The molecule has 2 rings (SSSR count). The van der Waals surface area contributed by atoms with Crippen LogP contribution in [-0.4, -0.2) is 9.97 Å². The summed E-state index contributed by atoms with van der Waals surface area (Å²) in [4.78, 5) is 8.87. The number of aromatic nitrogens is 2. The number of anilines is 1. The van der Waals surface area contributed by atoms with E-state index in [4.69, 9.17) is 17.4 Å². The van der Waals surface area contributed by atoms with Crippen molar-refractivity contribution < 1.29 is 0 Å². The number of hydrogen-bond donors (Lipinski definition) is 2. The summed E-state index contributed by atoms with van der Waals surface area (Å²) in [7, 11) is 0. The summed E-state index contributed by atoms with van der Waals surface area (Å²) in [6, 6.07) is 9.30. The molecular weight excluding hydrogens is 248 g/mol. The molecule has 0 bridgehead atoms. The molecule has 18 heavy (non-hydrogen) atoms. The Morgan fingerprint density at radius 2 is 2.00 bits per heavy atom. The molecule has 0 fully saturated rings. The van der Waals surface area contributed by atoms with Crippen molar-refractivity contribution in [1.82, 2.24) is 9.97 Å². The van der Waals surface area contributed by atoms with Gasteiger partial charge in [-0.1, -0.05) is 37.6 Å². The third kappa shape index (κ3) is 2.78. The highest BCUT2D eigenvalue weighted by atomic mass is 35.5. The first kappa shape index (κ1) is 12.8. The van der Waals surface area contributed by atoms with Gasteiger partial charge < -0.3 is 5.43 Å². The molecule has 1 aromatic heterocycles. The lowest BCUT2D eigenvalue weighted by Gasteiger charge is -2.10. The molecule has 0 radical (unpaired) electrons. The smallest absolute Gasteiger partial charge is 0.161 e. The highest BCUT2D eigenvalue weighted by molar-refractivity contribution is 6.30. The average molecular weight is 263 g/mol. The Morgan fingerprint density at radius 3 is 2.61 bits per heavy atom. The van der Waals surface area contributed by atoms with Crippen LogP contribution < -0.4 is 11.3 Å². The molecule has 0 saturated carbocycles. The number of nitrogens with one attached hydrogen (secondary N) is 1. The normalized spacial score (nSPS) is 10.7. The fourth-order valence-electron chi connectivity index (χ4n) is 1.59. The molecule has 0 unspecified atom stereocenters. The molecule has 0 spiro atoms. The first-order valence-corrected chi connectivity index (χ1v) is 6.09. The lowest BCUT2D eigenvalue weighted by Crippen LogP contribution is -2.11. The van der Waals surface area contributed by atoms with Gasteiger partial charge in [0, 0.05) is 22.3 Å². The van der Waals surface area contributed by atoms with Crippen molar-refractivity contribution >= 4 is 17.4 Å². The third-order valence-corrected chi connectivity index (χ3v) is 2.80. The zero-order chi connectivity index (χ0) is 13.1. The van der Waals surface area contributed by atoms with Crippen LogP contribution in [0, 0.1) is 0 Å². The Bertz CT molecular complexity index is 554. The van der Waals surface area contributed by atoms with Crippen molar-refractivity contribution in [3.05, 3.63) is 41.0 Å². The van der Waals surface area contributed by atoms with Crippen LogP contribution in [0.1, 0.15) is 25.5 Å². The molecule has 0 saturated heterocycles. The van der Waals surface area contributed by atoms with E-state index in [-0.39, 0.29) is 0 Å². The molecule has 2 aromatic rings. The zero-order valence-corrected chi connectivity index (χ0v) is 11.1. The minimum atomic E-state index is 0.304. The summed E-state index contributed by atoms with van der Waals surface area (Å²) < 4.78 is 0. The predicted octanol–water partition coefficient (Wildman–Crippen LogP) is 3.21. The van der Waals surface area contributed by atoms with E-state index >= 15 is 0 Å². The van der Waals surface area contributed by atoms with Gasteiger partial charge in [-0.25, -0.2) is 15.8 Å². The van der Waals surface area contributed by atoms with E-state index in [9.17, 15) is 0 Å². The van der Waals surface area contributed by atoms with Crippen LogP contribution in [0.3, 0.4) is 0 Å². The van der Waals surface area contributed by atoms with Crippen molar-refractivity contribution in [2.45, 2.75) is 19.8 Å². The molecule has 0 atom stereocenters. The Morgan fingerprint density at radius 1 is 1.22 bits per heavy atom. The van der Waals surface area contributed by atoms with Gasteiger partial charge >= 0.3 is 0 Å². The molecule has 4 nitrogen and oxygen atoms in total. The lowest BCUT2D eigenvalue weighted by molar-refractivity contribution is 0.817. The zero-order valence-electron chi connectivity index (χ0n) is 10.3. The summed E-state index contributed by atoms with van der Waals surface area (Å²) in [5, 5.41) is 0.660. The highest BCUT2D eigenvalue weighted by Crippen LogP contribution is 2.23. The van der Waals surface area contributed by atoms with Gasteiger partial charge in [0.25, 0.3) is 0 Å². The van der Waals surface area contributed by atoms with E-state index in [1.54, 1.807) is 0 Å². The number of hydrogen-bond acceptors (Lipinski definition) is 4. The summed E-state index contributed by atoms with van der Waals surface area (Å²) in [5.41, 5.74) is 4.38. The minimum absolute atomic E-state index is 0.304. The van der Waals surface area contributed by atoms with Gasteiger partial charge in [-0.15, -0.1) is 0 Å². The fourth-order valence-corrected chi connectivity index (χ4v) is 1.78. The van der Waals surface area contributed by atoms with Crippen molar-refractivity contribution in [2.75, 3.05) is 5.43 Å². The van der Waals surface area contributed by atoms with E-state index < -0.39 is 0 Å². The van der Waals surface area contributed by atoms with E-state index in [1.807, 2.05) is 30.3 Å². The summed E-state index contributed by atoms with van der Waals surface area (Å²) in [5.74, 6) is 6.96. The summed E-state index contributed by atoms with van der Waals surface area (Å²) in [6.07, 6.45) is 0. The topological polar surface area (TPSA) is 63.8 Å². The second-order valence-electron chi connectivity index (χ2n) is 4.31. The second kappa shape index (κ2) is 5.33. The van der Waals surface area contributed by atoms with Crippen molar-refractivity contribution in [1.29, 1.82) is 0 Å². The Balaban J connectivity index is 2.53. The molecule has 0 aliphatic rings. The van der Waals surface area contributed by atoms with E-state index in [0.717, 1.165) is 11.3 Å². The van der Waals surface area contributed by atoms with Gasteiger partial charge in [-0.3, -0.25) is 0 Å². The van der Waals surface area contributed by atoms with E-state index in [2.05, 4.69) is 29.2 Å². The molecule has 0 aliphatic carbocycles. The molecule has 1 heterocycles. The molecule has 0 amide bonds. The Hall–Kier alpha value is -1.65. The number of benzene rings is 1. The fraction of sp³-hybridized carbons (Fsp3) is 0.231. The standard InChI is InChI=1S/C13H15ClN4/c1-8(2)11-7-12(18-15)17-13(16-11)9-4-3-5-10(14)6-9/h3-8H,15H2,1-2H3,(H,16,17,18). The van der Waals surface area contributed by atoms with Crippen LogP contribution in [0.25, 0.3) is 11.4 Å². The maximum absolute atomic E-state index is 5.97. The van der Waals surface area contributed by atoms with E-state index in [1.165, 1.54) is 0 Å². The number of hydrazine groups is 1. The summed E-state index contributed by atoms with van der Waals surface area (Å²) in [6.45, 7) is 4.15. The maximum atomic E-state index is 5.97. The number of nitrogens with zero attached hydrogens (tertiary/aromatic N) is 2. The average Bonchev–Trinajstić information content (AvgIpc) is 2.38. The highest BCUT2D eigenvalue weighted by Gasteiger charge is 2.09. The van der Waals surface area contributed by atoms with Crippen molar-refractivity contribution in [3.8, 4) is 11.4 Å². The van der Waals surface area contributed by atoms with Gasteiger partial charge in [-0.2, -0.15) is 0 Å². The predicted molar refractivity (Wildman–Crippen MR) is 74.4 cm³/mol. The Labute approximate surface area is 111 Å². The van der Waals surface area contributed by atoms with Crippen LogP contribution in [0.4, 0.5) is 5.82 Å². The quantitative estimate of drug-likeness (QED) is 0.659. The van der Waals surface area contributed by atoms with Gasteiger partial charge in [0.1, 0.15) is 5.82 Å². The monoisotopic (exact) mass is 262 g/mol. The SMILES string of the molecule is CC(C)c1cc(NN)nc(-c2cccc(Cl)c2)n1. The lowest BCUT2D eigenvalue weighted by atomic mass is 10.1. The summed E-state index contributed by atoms with van der Waals surface area (Å²) >= 11 is 5.97.